The molecule has 12 heteroatoms. The number of ether oxygens (including phenoxy) is 1. The van der Waals surface area contributed by atoms with Gasteiger partial charge in [-0.2, -0.15) is 0 Å². The first-order valence-electron chi connectivity index (χ1n) is 8.39. The summed E-state index contributed by atoms with van der Waals surface area (Å²) < 4.78 is 4.75. The molecule has 0 heterocycles. The van der Waals surface area contributed by atoms with E-state index in [9.17, 15) is 19.8 Å². The third kappa shape index (κ3) is 8.81. The van der Waals surface area contributed by atoms with E-state index in [2.05, 4.69) is 0 Å². The molecular weight excluding hydrogens is 394 g/mol. The Bertz CT molecular complexity index is 640. The van der Waals surface area contributed by atoms with Gasteiger partial charge < -0.3 is 56.1 Å². The Morgan fingerprint density at radius 2 is 1.72 bits per heavy atom. The number of phenolic OH excluding ortho intramolecular Hbond substituents is 1. The quantitative estimate of drug-likeness (QED) is 0.106. The fourth-order valence-electron chi connectivity index (χ4n) is 1.77. The molecule has 0 spiro atoms. The molecule has 6 atom stereocenters. The Balaban J connectivity index is 0.000000578. The van der Waals surface area contributed by atoms with E-state index in [1.165, 1.54) is 25.1 Å². The third-order valence-corrected chi connectivity index (χ3v) is 3.56. The van der Waals surface area contributed by atoms with Gasteiger partial charge >= 0.3 is 5.97 Å². The molecule has 1 rings (SSSR count). The smallest absolute Gasteiger partial charge is 0.340 e. The highest BCUT2D eigenvalue weighted by Crippen LogP contribution is 2.29. The van der Waals surface area contributed by atoms with Gasteiger partial charge in [0.15, 0.2) is 17.8 Å². The lowest BCUT2D eigenvalue weighted by atomic mass is 10.0. The first kappa shape index (κ1) is 26.8. The van der Waals surface area contributed by atoms with Gasteiger partial charge in [-0.1, -0.05) is 6.07 Å². The highest BCUT2D eigenvalue weighted by atomic mass is 16.6. The summed E-state index contributed by atoms with van der Waals surface area (Å²) in [4.78, 5) is 21.0. The van der Waals surface area contributed by atoms with Crippen LogP contribution in [-0.2, 0) is 9.59 Å². The maximum atomic E-state index is 11.1. The van der Waals surface area contributed by atoms with E-state index >= 15 is 0 Å². The molecule has 0 saturated heterocycles. The number of rotatable bonds is 9. The number of benzene rings is 1. The van der Waals surface area contributed by atoms with Gasteiger partial charge in [0.1, 0.15) is 30.5 Å². The second kappa shape index (κ2) is 13.1. The summed E-state index contributed by atoms with van der Waals surface area (Å²) >= 11 is 0. The largest absolute Gasteiger partial charge is 0.504 e. The van der Waals surface area contributed by atoms with Crippen LogP contribution in [0.2, 0.25) is 0 Å². The Labute approximate surface area is 166 Å². The predicted octanol–water partition coefficient (Wildman–Crippen LogP) is -3.71. The maximum absolute atomic E-state index is 11.1. The molecular formula is C17H27NO11. The summed E-state index contributed by atoms with van der Waals surface area (Å²) in [6.45, 7) is 0.496. The van der Waals surface area contributed by atoms with Gasteiger partial charge in [0.05, 0.1) is 12.7 Å². The van der Waals surface area contributed by atoms with Crippen LogP contribution in [-0.4, -0.2) is 96.8 Å². The van der Waals surface area contributed by atoms with Gasteiger partial charge in [-0.3, -0.25) is 0 Å². The highest BCUT2D eigenvalue weighted by molar-refractivity contribution is 5.77. The van der Waals surface area contributed by atoms with Crippen molar-refractivity contribution in [2.24, 2.45) is 5.73 Å². The molecule has 0 saturated carbocycles. The second-order valence-corrected chi connectivity index (χ2v) is 5.93. The topological polar surface area (TPSA) is 231 Å². The second-order valence-electron chi connectivity index (χ2n) is 5.93. The minimum absolute atomic E-state index is 0.00850. The first-order valence-corrected chi connectivity index (χ1v) is 8.39. The van der Waals surface area contributed by atoms with E-state index in [1.807, 2.05) is 0 Å². The molecule has 0 fully saturated rings. The van der Waals surface area contributed by atoms with Crippen LogP contribution in [0.15, 0.2) is 18.2 Å². The molecule has 1 aromatic rings. The summed E-state index contributed by atoms with van der Waals surface area (Å²) in [6.07, 6.45) is -9.04. The van der Waals surface area contributed by atoms with Crippen molar-refractivity contribution < 1.29 is 55.2 Å². The molecule has 0 radical (unpaired) electrons. The Morgan fingerprint density at radius 1 is 1.14 bits per heavy atom. The molecule has 0 aliphatic rings. The SMILES string of the molecule is CC(O)C(=O)Oc1cc(C(O)CN)ccc1O.O=C[C@H](O)[C@@H](O)[C@H](O)[C@H](O)CO. The fourth-order valence-corrected chi connectivity index (χ4v) is 1.77. The van der Waals surface area contributed by atoms with E-state index in [0.717, 1.165) is 0 Å². The van der Waals surface area contributed by atoms with E-state index in [1.54, 1.807) is 0 Å². The van der Waals surface area contributed by atoms with Crippen molar-refractivity contribution in [3.63, 3.8) is 0 Å². The number of aromatic hydroxyl groups is 1. The molecule has 1 aromatic carbocycles. The molecule has 0 aliphatic heterocycles. The summed E-state index contributed by atoms with van der Waals surface area (Å²) in [5.41, 5.74) is 5.70. The number of aldehydes is 1. The van der Waals surface area contributed by atoms with Crippen molar-refractivity contribution in [2.75, 3.05) is 13.2 Å². The molecule has 0 aromatic heterocycles. The number of esters is 1. The van der Waals surface area contributed by atoms with Gasteiger partial charge in [-0.25, -0.2) is 4.79 Å². The van der Waals surface area contributed by atoms with Crippen molar-refractivity contribution >= 4 is 12.3 Å². The van der Waals surface area contributed by atoms with Crippen LogP contribution in [0.4, 0.5) is 0 Å². The zero-order chi connectivity index (χ0) is 22.7. The van der Waals surface area contributed by atoms with Crippen molar-refractivity contribution in [2.45, 2.75) is 43.5 Å². The predicted molar refractivity (Wildman–Crippen MR) is 96.6 cm³/mol. The Hall–Kier alpha value is -2.16. The molecule has 166 valence electrons. The van der Waals surface area contributed by atoms with Crippen LogP contribution in [0.5, 0.6) is 11.5 Å². The monoisotopic (exact) mass is 421 g/mol. The highest BCUT2D eigenvalue weighted by Gasteiger charge is 2.29. The van der Waals surface area contributed by atoms with E-state index < -0.39 is 49.2 Å². The summed E-state index contributed by atoms with van der Waals surface area (Å²) in [5.74, 6) is -1.27. The first-order chi connectivity index (χ1) is 13.5. The van der Waals surface area contributed by atoms with E-state index in [4.69, 9.17) is 41.1 Å². The molecule has 2 unspecified atom stereocenters. The lowest BCUT2D eigenvalue weighted by Crippen LogP contribution is -2.46. The number of carbonyl (C=O) groups excluding carboxylic acids is 2. The zero-order valence-corrected chi connectivity index (χ0v) is 15.6. The Kier molecular flexibility index (Phi) is 12.2. The molecule has 10 N–H and O–H groups in total. The van der Waals surface area contributed by atoms with E-state index in [-0.39, 0.29) is 24.3 Å². The van der Waals surface area contributed by atoms with Crippen molar-refractivity contribution in [3.05, 3.63) is 23.8 Å². The van der Waals surface area contributed by atoms with Crippen LogP contribution >= 0.6 is 0 Å². The molecule has 0 aliphatic carbocycles. The summed E-state index contributed by atoms with van der Waals surface area (Å²) in [6, 6.07) is 4.04. The fraction of sp³-hybridized carbons (Fsp3) is 0.529. The number of nitrogens with two attached hydrogens (primary N) is 1. The molecule has 29 heavy (non-hydrogen) atoms. The molecule has 0 amide bonds. The number of hydrogen-bond acceptors (Lipinski definition) is 12. The van der Waals surface area contributed by atoms with Crippen LogP contribution in [0.25, 0.3) is 0 Å². The normalized spacial score (nSPS) is 17.0. The van der Waals surface area contributed by atoms with Crippen molar-refractivity contribution in [3.8, 4) is 11.5 Å². The average Bonchev–Trinajstić information content (AvgIpc) is 2.72. The van der Waals surface area contributed by atoms with Gasteiger partial charge in [0, 0.05) is 6.54 Å². The number of aliphatic hydroxyl groups is 7. The van der Waals surface area contributed by atoms with Gasteiger partial charge in [0.25, 0.3) is 0 Å². The molecule has 0 bridgehead atoms. The van der Waals surface area contributed by atoms with Crippen LogP contribution < -0.4 is 10.5 Å². The standard InChI is InChI=1S/C11H15NO5.C6H12O6/c1-6(13)11(16)17-10-4-7(9(15)5-12)2-3-8(10)14;7-1-3(9)5(11)6(12)4(10)2-8/h2-4,6,9,13-15H,5,12H2,1H3;1,3-6,8-12H,2H2/t;3-,4+,5+,6+/m.0/s1. The number of carbonyl (C=O) groups is 2. The van der Waals surface area contributed by atoms with E-state index in [0.29, 0.717) is 5.56 Å². The Morgan fingerprint density at radius 3 is 2.17 bits per heavy atom. The minimum atomic E-state index is -1.79. The zero-order valence-electron chi connectivity index (χ0n) is 15.6. The maximum Gasteiger partial charge on any atom is 0.340 e. The number of hydrogen-bond donors (Lipinski definition) is 9. The number of aliphatic hydroxyl groups excluding tert-OH is 7. The number of phenols is 1. The molecule has 12 nitrogen and oxygen atoms in total. The third-order valence-electron chi connectivity index (χ3n) is 3.56. The van der Waals surface area contributed by atoms with Crippen LogP contribution in [0, 0.1) is 0 Å². The van der Waals surface area contributed by atoms with Crippen LogP contribution in [0.1, 0.15) is 18.6 Å². The van der Waals surface area contributed by atoms with Crippen molar-refractivity contribution in [1.29, 1.82) is 0 Å². The van der Waals surface area contributed by atoms with Crippen LogP contribution in [0.3, 0.4) is 0 Å². The van der Waals surface area contributed by atoms with Gasteiger partial charge in [0.2, 0.25) is 0 Å². The van der Waals surface area contributed by atoms with Gasteiger partial charge in [-0.05, 0) is 24.6 Å². The summed E-state index contributed by atoms with van der Waals surface area (Å²) in [5, 5.41) is 71.4. The summed E-state index contributed by atoms with van der Waals surface area (Å²) in [7, 11) is 0. The lowest BCUT2D eigenvalue weighted by molar-refractivity contribution is -0.142. The lowest BCUT2D eigenvalue weighted by Gasteiger charge is -2.22. The minimum Gasteiger partial charge on any atom is -0.504 e. The average molecular weight is 421 g/mol. The van der Waals surface area contributed by atoms with Gasteiger partial charge in [-0.15, -0.1) is 0 Å². The van der Waals surface area contributed by atoms with Crippen molar-refractivity contribution in [1.82, 2.24) is 0 Å².